The number of rotatable bonds is 5. The molecule has 0 saturated heterocycles. The second kappa shape index (κ2) is 9.18. The van der Waals surface area contributed by atoms with Gasteiger partial charge in [0.15, 0.2) is 4.96 Å². The van der Waals surface area contributed by atoms with Gasteiger partial charge in [-0.1, -0.05) is 6.07 Å². The summed E-state index contributed by atoms with van der Waals surface area (Å²) in [5.74, 6) is -1.53. The quantitative estimate of drug-likeness (QED) is 0.431. The number of anilines is 1. The maximum absolute atomic E-state index is 13.3. The molecule has 34 heavy (non-hydrogen) atoms. The van der Waals surface area contributed by atoms with E-state index in [4.69, 9.17) is 4.74 Å². The zero-order valence-corrected chi connectivity index (χ0v) is 18.9. The molecule has 0 bridgehead atoms. The van der Waals surface area contributed by atoms with Crippen molar-refractivity contribution in [3.8, 4) is 0 Å². The smallest absolute Gasteiger partial charge is 0.338 e. The molecule has 0 atom stereocenters. The lowest BCUT2D eigenvalue weighted by Crippen LogP contribution is -2.18. The number of ether oxygens (including phenoxy) is 1. The Morgan fingerprint density at radius 2 is 1.85 bits per heavy atom. The molecule has 0 spiro atoms. The number of hydrogen-bond acceptors (Lipinski definition) is 6. The predicted molar refractivity (Wildman–Crippen MR) is 126 cm³/mol. The summed E-state index contributed by atoms with van der Waals surface area (Å²) in [5, 5.41) is 2.65. The van der Waals surface area contributed by atoms with Gasteiger partial charge in [0.25, 0.3) is 11.5 Å². The highest BCUT2D eigenvalue weighted by Crippen LogP contribution is 2.28. The topological polar surface area (TPSA) is 89.8 Å². The molecule has 5 rings (SSSR count). The first kappa shape index (κ1) is 22.0. The predicted octanol–water partition coefficient (Wildman–Crippen LogP) is 4.38. The number of amides is 1. The number of carbonyl (C=O) groups is 2. The third-order valence-corrected chi connectivity index (χ3v) is 6.77. The summed E-state index contributed by atoms with van der Waals surface area (Å²) >= 11 is 1.52. The molecule has 0 aliphatic heterocycles. The van der Waals surface area contributed by atoms with Crippen LogP contribution in [0.4, 0.5) is 10.1 Å². The number of thiazole rings is 1. The van der Waals surface area contributed by atoms with Gasteiger partial charge in [-0.3, -0.25) is 14.0 Å². The minimum Gasteiger partial charge on any atom is -0.456 e. The zero-order chi connectivity index (χ0) is 23.7. The van der Waals surface area contributed by atoms with Crippen LogP contribution >= 0.6 is 11.3 Å². The summed E-state index contributed by atoms with van der Waals surface area (Å²) in [5.41, 5.74) is 2.22. The largest absolute Gasteiger partial charge is 0.456 e. The van der Waals surface area contributed by atoms with Gasteiger partial charge in [0.1, 0.15) is 12.4 Å². The van der Waals surface area contributed by atoms with E-state index in [1.54, 1.807) is 16.5 Å². The third-order valence-electron chi connectivity index (χ3n) is 5.63. The highest BCUT2D eigenvalue weighted by atomic mass is 32.1. The first-order valence-corrected chi connectivity index (χ1v) is 11.7. The zero-order valence-electron chi connectivity index (χ0n) is 18.0. The molecular weight excluding hydrogens is 457 g/mol. The van der Waals surface area contributed by atoms with Crippen LogP contribution in [0.1, 0.15) is 49.8 Å². The molecule has 9 heteroatoms. The Kier molecular flexibility index (Phi) is 5.93. The van der Waals surface area contributed by atoms with Gasteiger partial charge in [-0.25, -0.2) is 14.2 Å². The van der Waals surface area contributed by atoms with Crippen molar-refractivity contribution in [2.75, 3.05) is 5.32 Å². The van der Waals surface area contributed by atoms with E-state index in [0.717, 1.165) is 37.4 Å². The van der Waals surface area contributed by atoms with E-state index in [0.29, 0.717) is 16.3 Å². The van der Waals surface area contributed by atoms with E-state index in [1.807, 2.05) is 0 Å². The average Bonchev–Trinajstić information content (AvgIpc) is 3.22. The highest BCUT2D eigenvalue weighted by molar-refractivity contribution is 7.17. The van der Waals surface area contributed by atoms with E-state index in [1.165, 1.54) is 52.6 Å². The number of fused-ring (bicyclic) bond motifs is 3. The molecule has 172 valence electrons. The van der Waals surface area contributed by atoms with Crippen molar-refractivity contribution in [1.29, 1.82) is 0 Å². The number of carbonyl (C=O) groups excluding carboxylic acids is 2. The minimum atomic E-state index is -0.574. The fraction of sp³-hybridized carbons (Fsp3) is 0.200. The number of benzene rings is 2. The summed E-state index contributed by atoms with van der Waals surface area (Å²) in [6, 6.07) is 12.9. The Hall–Kier alpha value is -3.85. The van der Waals surface area contributed by atoms with E-state index < -0.39 is 17.7 Å². The second-order valence-electron chi connectivity index (χ2n) is 8.00. The Bertz CT molecular complexity index is 1460. The summed E-state index contributed by atoms with van der Waals surface area (Å²) in [6.07, 6.45) is 4.03. The van der Waals surface area contributed by atoms with Crippen LogP contribution in [-0.4, -0.2) is 21.3 Å². The Morgan fingerprint density at radius 3 is 2.65 bits per heavy atom. The van der Waals surface area contributed by atoms with Crippen molar-refractivity contribution in [1.82, 2.24) is 9.38 Å². The van der Waals surface area contributed by atoms with Crippen molar-refractivity contribution < 1.29 is 18.7 Å². The first-order chi connectivity index (χ1) is 16.5. The van der Waals surface area contributed by atoms with E-state index >= 15 is 0 Å². The maximum Gasteiger partial charge on any atom is 0.338 e. The number of aryl methyl sites for hydroxylation is 2. The SMILES string of the molecule is O=C(Nc1ccc(C(=O)OCc2cc(=O)n3c4c(sc3n2)CCCC4)cc1)c1cccc(F)c1. The van der Waals surface area contributed by atoms with Crippen LogP contribution in [-0.2, 0) is 24.2 Å². The molecule has 4 aromatic rings. The van der Waals surface area contributed by atoms with Crippen molar-refractivity contribution in [2.45, 2.75) is 32.3 Å². The number of nitrogens with zero attached hydrogens (tertiary/aromatic N) is 2. The molecule has 0 saturated carbocycles. The molecule has 1 amide bonds. The first-order valence-electron chi connectivity index (χ1n) is 10.9. The summed E-state index contributed by atoms with van der Waals surface area (Å²) in [4.78, 5) is 43.7. The number of nitrogens with one attached hydrogen (secondary N) is 1. The van der Waals surface area contributed by atoms with Crippen LogP contribution in [0.2, 0.25) is 0 Å². The van der Waals surface area contributed by atoms with Crippen molar-refractivity contribution in [3.63, 3.8) is 0 Å². The van der Waals surface area contributed by atoms with Gasteiger partial charge in [-0.05, 0) is 68.1 Å². The molecule has 0 unspecified atom stereocenters. The van der Waals surface area contributed by atoms with Crippen molar-refractivity contribution >= 4 is 33.9 Å². The van der Waals surface area contributed by atoms with Crippen LogP contribution in [0, 0.1) is 5.82 Å². The van der Waals surface area contributed by atoms with Crippen LogP contribution in [0.5, 0.6) is 0 Å². The molecule has 0 fully saturated rings. The van der Waals surface area contributed by atoms with E-state index in [2.05, 4.69) is 10.3 Å². The normalized spacial score (nSPS) is 12.9. The Labute approximate surface area is 197 Å². The lowest BCUT2D eigenvalue weighted by atomic mass is 10.0. The molecular formula is C25H20FN3O4S. The standard InChI is InChI=1S/C25H20FN3O4S/c26-17-5-3-4-16(12-17)23(31)27-18-10-8-15(9-11-18)24(32)33-14-19-13-22(30)29-20-6-1-2-7-21(20)34-25(29)28-19/h3-5,8-13H,1-2,6-7,14H2,(H,27,31). The molecule has 2 heterocycles. The van der Waals surface area contributed by atoms with Crippen LogP contribution in [0.15, 0.2) is 59.4 Å². The molecule has 2 aromatic carbocycles. The van der Waals surface area contributed by atoms with Gasteiger partial charge >= 0.3 is 5.97 Å². The molecule has 1 aliphatic rings. The fourth-order valence-corrected chi connectivity index (χ4v) is 5.19. The molecule has 1 N–H and O–H groups in total. The average molecular weight is 478 g/mol. The number of hydrogen-bond donors (Lipinski definition) is 1. The van der Waals surface area contributed by atoms with Gasteiger partial charge in [0.05, 0.1) is 11.3 Å². The van der Waals surface area contributed by atoms with Crippen LogP contribution < -0.4 is 10.9 Å². The second-order valence-corrected chi connectivity index (χ2v) is 9.06. The van der Waals surface area contributed by atoms with Gasteiger partial charge < -0.3 is 10.1 Å². The summed E-state index contributed by atoms with van der Waals surface area (Å²) < 4.78 is 20.3. The fourth-order valence-electron chi connectivity index (χ4n) is 3.96. The minimum absolute atomic E-state index is 0.120. The lowest BCUT2D eigenvalue weighted by Gasteiger charge is -2.10. The van der Waals surface area contributed by atoms with Crippen LogP contribution in [0.3, 0.4) is 0 Å². The number of aromatic nitrogens is 2. The Balaban J connectivity index is 1.24. The molecule has 2 aromatic heterocycles. The monoisotopic (exact) mass is 477 g/mol. The number of esters is 1. The summed E-state index contributed by atoms with van der Waals surface area (Å²) in [7, 11) is 0. The lowest BCUT2D eigenvalue weighted by molar-refractivity contribution is 0.0467. The third kappa shape index (κ3) is 4.47. The van der Waals surface area contributed by atoms with E-state index in [9.17, 15) is 18.8 Å². The molecule has 0 radical (unpaired) electrons. The van der Waals surface area contributed by atoms with Crippen molar-refractivity contribution in [3.05, 3.63) is 98.2 Å². The Morgan fingerprint density at radius 1 is 1.06 bits per heavy atom. The van der Waals surface area contributed by atoms with Crippen molar-refractivity contribution in [2.24, 2.45) is 0 Å². The van der Waals surface area contributed by atoms with Gasteiger partial charge in [-0.2, -0.15) is 0 Å². The van der Waals surface area contributed by atoms with Gasteiger partial charge in [-0.15, -0.1) is 11.3 Å². The van der Waals surface area contributed by atoms with Gasteiger partial charge in [0, 0.05) is 27.9 Å². The maximum atomic E-state index is 13.3. The van der Waals surface area contributed by atoms with Gasteiger partial charge in [0.2, 0.25) is 0 Å². The molecule has 1 aliphatic carbocycles. The molecule has 7 nitrogen and oxygen atoms in total. The highest BCUT2D eigenvalue weighted by Gasteiger charge is 2.19. The van der Waals surface area contributed by atoms with E-state index in [-0.39, 0.29) is 23.3 Å². The number of halogens is 1. The summed E-state index contributed by atoms with van der Waals surface area (Å²) in [6.45, 7) is -0.120. The van der Waals surface area contributed by atoms with Crippen LogP contribution in [0.25, 0.3) is 4.96 Å².